The maximum Gasteiger partial charge on any atom is 0.335 e. The molecular weight excluding hydrogens is 342 g/mol. The Morgan fingerprint density at radius 2 is 1.84 bits per heavy atom. The molecule has 6 nitrogen and oxygen atoms in total. The molecule has 25 heavy (non-hydrogen) atoms. The number of anilines is 1. The van der Waals surface area contributed by atoms with Gasteiger partial charge in [0.05, 0.1) is 12.2 Å². The molecule has 0 unspecified atom stereocenters. The van der Waals surface area contributed by atoms with Crippen molar-refractivity contribution in [1.29, 1.82) is 0 Å². The minimum atomic E-state index is -3.86. The van der Waals surface area contributed by atoms with Crippen LogP contribution in [0.1, 0.15) is 35.7 Å². The van der Waals surface area contributed by atoms with Crippen molar-refractivity contribution in [2.45, 2.75) is 31.6 Å². The molecule has 0 aliphatic rings. The van der Waals surface area contributed by atoms with Crippen molar-refractivity contribution in [1.82, 2.24) is 0 Å². The summed E-state index contributed by atoms with van der Waals surface area (Å²) in [7, 11) is -3.86. The number of nitrogens with one attached hydrogen (secondary N) is 1. The van der Waals surface area contributed by atoms with Crippen LogP contribution in [0.5, 0.6) is 5.75 Å². The minimum absolute atomic E-state index is 0.0610. The average molecular weight is 363 g/mol. The van der Waals surface area contributed by atoms with Gasteiger partial charge in [-0.15, -0.1) is 0 Å². The van der Waals surface area contributed by atoms with Crippen LogP contribution in [0.2, 0.25) is 0 Å². The Morgan fingerprint density at radius 1 is 1.16 bits per heavy atom. The standard InChI is InChI=1S/C18H21NO5S/c1-3-4-11-24-16-10-5-13(2)12-17(16)25(22,23)19-15-8-6-14(7-9-15)18(20)21/h5-10,12,19H,3-4,11H2,1-2H3,(H,20,21). The normalized spacial score (nSPS) is 11.1. The number of ether oxygens (including phenoxy) is 1. The molecule has 2 aromatic carbocycles. The predicted molar refractivity (Wildman–Crippen MR) is 95.8 cm³/mol. The fourth-order valence-corrected chi connectivity index (χ4v) is 3.45. The van der Waals surface area contributed by atoms with Crippen LogP contribution >= 0.6 is 0 Å². The highest BCUT2D eigenvalue weighted by Gasteiger charge is 2.20. The van der Waals surface area contributed by atoms with Crippen LogP contribution in [0.25, 0.3) is 0 Å². The van der Waals surface area contributed by atoms with E-state index in [9.17, 15) is 13.2 Å². The number of carbonyl (C=O) groups is 1. The quantitative estimate of drug-likeness (QED) is 0.698. The lowest BCUT2D eigenvalue weighted by atomic mass is 10.2. The smallest absolute Gasteiger partial charge is 0.335 e. The van der Waals surface area contributed by atoms with Gasteiger partial charge in [-0.2, -0.15) is 0 Å². The van der Waals surface area contributed by atoms with Crippen LogP contribution < -0.4 is 9.46 Å². The third-order valence-corrected chi connectivity index (χ3v) is 4.93. The Hall–Kier alpha value is -2.54. The van der Waals surface area contributed by atoms with E-state index in [-0.39, 0.29) is 16.1 Å². The van der Waals surface area contributed by atoms with Gasteiger partial charge >= 0.3 is 5.97 Å². The monoisotopic (exact) mass is 363 g/mol. The topological polar surface area (TPSA) is 92.7 Å². The van der Waals surface area contributed by atoms with Gasteiger partial charge in [-0.05, 0) is 55.3 Å². The molecule has 0 radical (unpaired) electrons. The van der Waals surface area contributed by atoms with Crippen LogP contribution in [0, 0.1) is 6.92 Å². The van der Waals surface area contributed by atoms with Crippen LogP contribution in [0.15, 0.2) is 47.4 Å². The van der Waals surface area contributed by atoms with Gasteiger partial charge in [-0.25, -0.2) is 13.2 Å². The van der Waals surface area contributed by atoms with E-state index in [0.717, 1.165) is 18.4 Å². The zero-order valence-electron chi connectivity index (χ0n) is 14.2. The molecular formula is C18H21NO5S. The molecule has 0 heterocycles. The number of carboxylic acid groups (broad SMARTS) is 1. The molecule has 2 N–H and O–H groups in total. The van der Waals surface area contributed by atoms with E-state index in [1.807, 2.05) is 6.92 Å². The third-order valence-electron chi connectivity index (χ3n) is 3.53. The first-order valence-corrected chi connectivity index (χ1v) is 9.41. The predicted octanol–water partition coefficient (Wildman–Crippen LogP) is 3.67. The van der Waals surface area contributed by atoms with Crippen LogP contribution in [-0.2, 0) is 10.0 Å². The molecule has 0 aliphatic heterocycles. The summed E-state index contributed by atoms with van der Waals surface area (Å²) in [5, 5.41) is 8.90. The highest BCUT2D eigenvalue weighted by Crippen LogP contribution is 2.27. The second kappa shape index (κ2) is 8.02. The van der Waals surface area contributed by atoms with Crippen molar-refractivity contribution in [2.24, 2.45) is 0 Å². The maximum absolute atomic E-state index is 12.7. The molecule has 2 rings (SSSR count). The van der Waals surface area contributed by atoms with Crippen molar-refractivity contribution < 1.29 is 23.1 Å². The van der Waals surface area contributed by atoms with Crippen LogP contribution in [-0.4, -0.2) is 26.1 Å². The first-order valence-electron chi connectivity index (χ1n) is 7.93. The third kappa shape index (κ3) is 4.96. The highest BCUT2D eigenvalue weighted by molar-refractivity contribution is 7.92. The van der Waals surface area contributed by atoms with Gasteiger partial charge in [0.2, 0.25) is 0 Å². The summed E-state index contributed by atoms with van der Waals surface area (Å²) in [5.41, 5.74) is 1.16. The summed E-state index contributed by atoms with van der Waals surface area (Å²) in [6, 6.07) is 10.5. The Morgan fingerprint density at radius 3 is 2.44 bits per heavy atom. The van der Waals surface area contributed by atoms with E-state index in [2.05, 4.69) is 4.72 Å². The summed E-state index contributed by atoms with van der Waals surface area (Å²) in [4.78, 5) is 10.9. The molecule has 0 saturated carbocycles. The largest absolute Gasteiger partial charge is 0.492 e. The van der Waals surface area contributed by atoms with Gasteiger partial charge in [-0.1, -0.05) is 19.4 Å². The van der Waals surface area contributed by atoms with E-state index in [1.54, 1.807) is 25.1 Å². The molecule has 134 valence electrons. The summed E-state index contributed by atoms with van der Waals surface area (Å²) in [6.07, 6.45) is 1.78. The molecule has 0 aromatic heterocycles. The van der Waals surface area contributed by atoms with E-state index < -0.39 is 16.0 Å². The minimum Gasteiger partial charge on any atom is -0.492 e. The Labute approximate surface area is 147 Å². The van der Waals surface area contributed by atoms with Crippen molar-refractivity contribution in [3.05, 3.63) is 53.6 Å². The fraction of sp³-hybridized carbons (Fsp3) is 0.278. The molecule has 2 aromatic rings. The lowest BCUT2D eigenvalue weighted by Crippen LogP contribution is -2.15. The number of hydrogen-bond donors (Lipinski definition) is 2. The number of benzene rings is 2. The molecule has 7 heteroatoms. The lowest BCUT2D eigenvalue weighted by Gasteiger charge is -2.14. The number of carboxylic acids is 1. The SMILES string of the molecule is CCCCOc1ccc(C)cc1S(=O)(=O)Nc1ccc(C(=O)O)cc1. The van der Waals surface area contributed by atoms with Crippen molar-refractivity contribution in [3.8, 4) is 5.75 Å². The number of sulfonamides is 1. The van der Waals surface area contributed by atoms with Gasteiger partial charge in [0.25, 0.3) is 10.0 Å². The van der Waals surface area contributed by atoms with Gasteiger partial charge < -0.3 is 9.84 Å². The van der Waals surface area contributed by atoms with E-state index in [4.69, 9.17) is 9.84 Å². The number of unbranched alkanes of at least 4 members (excludes halogenated alkanes) is 1. The van der Waals surface area contributed by atoms with Crippen LogP contribution in [0.4, 0.5) is 5.69 Å². The summed E-state index contributed by atoms with van der Waals surface area (Å²) in [5.74, 6) is -0.770. The number of hydrogen-bond acceptors (Lipinski definition) is 4. The van der Waals surface area contributed by atoms with Crippen molar-refractivity contribution in [3.63, 3.8) is 0 Å². The second-order valence-corrected chi connectivity index (χ2v) is 7.29. The number of aromatic carboxylic acids is 1. The Balaban J connectivity index is 2.28. The summed E-state index contributed by atoms with van der Waals surface area (Å²) >= 11 is 0. The first-order chi connectivity index (χ1) is 11.8. The first kappa shape index (κ1) is 18.8. The van der Waals surface area contributed by atoms with Crippen molar-refractivity contribution >= 4 is 21.7 Å². The molecule has 0 aliphatic carbocycles. The Bertz CT molecular complexity index is 844. The molecule has 0 amide bonds. The molecule has 0 fully saturated rings. The highest BCUT2D eigenvalue weighted by atomic mass is 32.2. The molecule has 0 saturated heterocycles. The summed E-state index contributed by atoms with van der Waals surface area (Å²) in [6.45, 7) is 4.27. The Kier molecular flexibility index (Phi) is 6.03. The molecule has 0 spiro atoms. The lowest BCUT2D eigenvalue weighted by molar-refractivity contribution is 0.0697. The summed E-state index contributed by atoms with van der Waals surface area (Å²) < 4.78 is 33.5. The van der Waals surface area contributed by atoms with E-state index in [0.29, 0.717) is 12.4 Å². The van der Waals surface area contributed by atoms with E-state index in [1.165, 1.54) is 24.3 Å². The van der Waals surface area contributed by atoms with Gasteiger partial charge in [-0.3, -0.25) is 4.72 Å². The zero-order valence-corrected chi connectivity index (χ0v) is 15.0. The van der Waals surface area contributed by atoms with Gasteiger partial charge in [0, 0.05) is 5.69 Å². The van der Waals surface area contributed by atoms with Crippen molar-refractivity contribution in [2.75, 3.05) is 11.3 Å². The van der Waals surface area contributed by atoms with Gasteiger partial charge in [0.1, 0.15) is 10.6 Å². The molecule has 0 atom stereocenters. The average Bonchev–Trinajstić information content (AvgIpc) is 2.56. The van der Waals surface area contributed by atoms with Gasteiger partial charge in [0.15, 0.2) is 0 Å². The van der Waals surface area contributed by atoms with Crippen LogP contribution in [0.3, 0.4) is 0 Å². The second-order valence-electron chi connectivity index (χ2n) is 5.64. The van der Waals surface area contributed by atoms with E-state index >= 15 is 0 Å². The zero-order chi connectivity index (χ0) is 18.4. The molecule has 0 bridgehead atoms. The number of rotatable bonds is 8. The fourth-order valence-electron chi connectivity index (χ4n) is 2.16. The maximum atomic E-state index is 12.7. The number of aryl methyl sites for hydroxylation is 1.